The molecule has 1 fully saturated rings. The number of rotatable bonds is 5. The summed E-state index contributed by atoms with van der Waals surface area (Å²) in [5.41, 5.74) is 1.01. The van der Waals surface area contributed by atoms with Crippen LogP contribution in [0.15, 0.2) is 64.3 Å². The van der Waals surface area contributed by atoms with Crippen LogP contribution >= 0.6 is 11.6 Å². The standard InChI is InChI=1S/C20H20ClN3O3S/c21-16-6-3-5-15(11-16)12-17-13-23-20(27-17)19-8-1-2-10-24(19)28(25,26)18-7-4-9-22-14-18/h3-7,9,11,13-14,19H,1-2,8,10,12H2/t19-/m1/s1. The third kappa shape index (κ3) is 3.97. The number of halogens is 1. The maximum Gasteiger partial charge on any atom is 0.245 e. The van der Waals surface area contributed by atoms with E-state index in [0.29, 0.717) is 36.1 Å². The van der Waals surface area contributed by atoms with E-state index in [2.05, 4.69) is 9.97 Å². The topological polar surface area (TPSA) is 76.3 Å². The summed E-state index contributed by atoms with van der Waals surface area (Å²) in [4.78, 5) is 8.53. The van der Waals surface area contributed by atoms with E-state index < -0.39 is 16.1 Å². The molecule has 146 valence electrons. The number of benzene rings is 1. The Kier molecular flexibility index (Phi) is 5.48. The van der Waals surface area contributed by atoms with Crippen LogP contribution in [0.3, 0.4) is 0 Å². The SMILES string of the molecule is O=S(=O)(c1cccnc1)N1CCCC[C@@H]1c1ncc(Cc2cccc(Cl)c2)o1. The van der Waals surface area contributed by atoms with Gasteiger partial charge in [-0.1, -0.05) is 30.2 Å². The van der Waals surface area contributed by atoms with Crippen LogP contribution < -0.4 is 0 Å². The van der Waals surface area contributed by atoms with Crippen molar-refractivity contribution < 1.29 is 12.8 Å². The molecule has 0 amide bonds. The van der Waals surface area contributed by atoms with Crippen LogP contribution in [0.1, 0.15) is 42.5 Å². The van der Waals surface area contributed by atoms with E-state index in [-0.39, 0.29) is 4.90 Å². The van der Waals surface area contributed by atoms with Gasteiger partial charge in [0.25, 0.3) is 0 Å². The van der Waals surface area contributed by atoms with Gasteiger partial charge in [0.15, 0.2) is 0 Å². The maximum absolute atomic E-state index is 13.1. The normalized spacial score (nSPS) is 18.2. The van der Waals surface area contributed by atoms with Crippen molar-refractivity contribution in [3.8, 4) is 0 Å². The van der Waals surface area contributed by atoms with Crippen LogP contribution in [-0.2, 0) is 16.4 Å². The first kappa shape index (κ1) is 19.1. The molecule has 0 aliphatic carbocycles. The van der Waals surface area contributed by atoms with Crippen LogP contribution in [0.5, 0.6) is 0 Å². The average molecular weight is 418 g/mol. The van der Waals surface area contributed by atoms with Crippen LogP contribution in [0.4, 0.5) is 0 Å². The molecule has 28 heavy (non-hydrogen) atoms. The summed E-state index contributed by atoms with van der Waals surface area (Å²) in [6.07, 6.45) is 7.57. The monoisotopic (exact) mass is 417 g/mol. The highest BCUT2D eigenvalue weighted by Crippen LogP contribution is 2.35. The first-order valence-electron chi connectivity index (χ1n) is 9.15. The minimum Gasteiger partial charge on any atom is -0.444 e. The third-order valence-corrected chi connectivity index (χ3v) is 6.95. The predicted molar refractivity (Wildman–Crippen MR) is 105 cm³/mol. The second kappa shape index (κ2) is 8.03. The summed E-state index contributed by atoms with van der Waals surface area (Å²) in [7, 11) is -3.66. The summed E-state index contributed by atoms with van der Waals surface area (Å²) >= 11 is 6.04. The van der Waals surface area contributed by atoms with Gasteiger partial charge in [-0.25, -0.2) is 13.4 Å². The van der Waals surface area contributed by atoms with Gasteiger partial charge in [0.05, 0.1) is 6.20 Å². The maximum atomic E-state index is 13.1. The van der Waals surface area contributed by atoms with E-state index in [1.165, 1.54) is 10.5 Å². The number of piperidine rings is 1. The summed E-state index contributed by atoms with van der Waals surface area (Å²) in [6, 6.07) is 10.3. The second-order valence-corrected chi connectivity index (χ2v) is 9.11. The van der Waals surface area contributed by atoms with E-state index in [4.69, 9.17) is 16.0 Å². The lowest BCUT2D eigenvalue weighted by molar-refractivity contribution is 0.216. The quantitative estimate of drug-likeness (QED) is 0.620. The lowest BCUT2D eigenvalue weighted by atomic mass is 10.1. The van der Waals surface area contributed by atoms with E-state index >= 15 is 0 Å². The first-order chi connectivity index (χ1) is 13.5. The molecule has 1 aliphatic heterocycles. The van der Waals surface area contributed by atoms with Gasteiger partial charge in [-0.15, -0.1) is 0 Å². The van der Waals surface area contributed by atoms with Crippen molar-refractivity contribution in [3.63, 3.8) is 0 Å². The summed E-state index contributed by atoms with van der Waals surface area (Å²) in [5.74, 6) is 1.12. The number of hydrogen-bond acceptors (Lipinski definition) is 5. The predicted octanol–water partition coefficient (Wildman–Crippen LogP) is 4.23. The van der Waals surface area contributed by atoms with Gasteiger partial charge in [-0.2, -0.15) is 4.31 Å². The van der Waals surface area contributed by atoms with Crippen LogP contribution in [0, 0.1) is 0 Å². The van der Waals surface area contributed by atoms with E-state index in [0.717, 1.165) is 18.4 Å². The number of pyridine rings is 1. The molecule has 0 unspecified atom stereocenters. The van der Waals surface area contributed by atoms with Gasteiger partial charge >= 0.3 is 0 Å². The number of nitrogens with zero attached hydrogens (tertiary/aromatic N) is 3. The molecular weight excluding hydrogens is 398 g/mol. The Morgan fingerprint density at radius 2 is 2.07 bits per heavy atom. The Morgan fingerprint density at radius 1 is 1.18 bits per heavy atom. The molecule has 3 aromatic rings. The molecule has 4 rings (SSSR count). The molecule has 0 spiro atoms. The Hall–Kier alpha value is -2.22. The third-order valence-electron chi connectivity index (χ3n) is 4.82. The minimum absolute atomic E-state index is 0.188. The average Bonchev–Trinajstić information content (AvgIpc) is 3.17. The zero-order valence-corrected chi connectivity index (χ0v) is 16.7. The van der Waals surface area contributed by atoms with Crippen molar-refractivity contribution in [2.24, 2.45) is 0 Å². The Bertz CT molecular complexity index is 1050. The molecule has 1 atom stereocenters. The van der Waals surface area contributed by atoms with Crippen molar-refractivity contribution >= 4 is 21.6 Å². The number of aromatic nitrogens is 2. The van der Waals surface area contributed by atoms with Crippen molar-refractivity contribution in [2.75, 3.05) is 6.54 Å². The van der Waals surface area contributed by atoms with Crippen molar-refractivity contribution in [2.45, 2.75) is 36.6 Å². The lowest BCUT2D eigenvalue weighted by Crippen LogP contribution is -2.38. The van der Waals surface area contributed by atoms with Gasteiger partial charge in [0.1, 0.15) is 16.7 Å². The van der Waals surface area contributed by atoms with Gasteiger partial charge in [0, 0.05) is 30.4 Å². The Labute approximate surface area is 169 Å². The highest BCUT2D eigenvalue weighted by molar-refractivity contribution is 7.89. The zero-order chi connectivity index (χ0) is 19.6. The zero-order valence-electron chi connectivity index (χ0n) is 15.2. The highest BCUT2D eigenvalue weighted by atomic mass is 35.5. The second-order valence-electron chi connectivity index (χ2n) is 6.79. The summed E-state index contributed by atoms with van der Waals surface area (Å²) in [6.45, 7) is 0.438. The van der Waals surface area contributed by atoms with E-state index in [9.17, 15) is 8.42 Å². The fourth-order valence-corrected chi connectivity index (χ4v) is 5.31. The van der Waals surface area contributed by atoms with Gasteiger partial charge in [-0.3, -0.25) is 4.98 Å². The fourth-order valence-electron chi connectivity index (χ4n) is 3.48. The fraction of sp³-hybridized carbons (Fsp3) is 0.300. The molecule has 8 heteroatoms. The first-order valence-corrected chi connectivity index (χ1v) is 11.0. The minimum atomic E-state index is -3.66. The molecular formula is C20H20ClN3O3S. The van der Waals surface area contributed by atoms with E-state index in [1.54, 1.807) is 24.5 Å². The molecule has 1 aromatic carbocycles. The number of hydrogen-bond donors (Lipinski definition) is 0. The lowest BCUT2D eigenvalue weighted by Gasteiger charge is -2.32. The highest BCUT2D eigenvalue weighted by Gasteiger charge is 2.37. The summed E-state index contributed by atoms with van der Waals surface area (Å²) < 4.78 is 33.7. The molecule has 3 heterocycles. The summed E-state index contributed by atoms with van der Waals surface area (Å²) in [5, 5.41) is 0.665. The van der Waals surface area contributed by atoms with Crippen LogP contribution in [0.25, 0.3) is 0 Å². The molecule has 6 nitrogen and oxygen atoms in total. The number of oxazole rings is 1. The van der Waals surface area contributed by atoms with Crippen molar-refractivity contribution in [1.82, 2.24) is 14.3 Å². The molecule has 0 radical (unpaired) electrons. The molecule has 2 aromatic heterocycles. The number of sulfonamides is 1. The van der Waals surface area contributed by atoms with Gasteiger partial charge < -0.3 is 4.42 Å². The Morgan fingerprint density at radius 3 is 2.86 bits per heavy atom. The molecule has 0 bridgehead atoms. The van der Waals surface area contributed by atoms with Crippen molar-refractivity contribution in [1.29, 1.82) is 0 Å². The molecule has 1 aliphatic rings. The molecule has 0 N–H and O–H groups in total. The smallest absolute Gasteiger partial charge is 0.245 e. The molecule has 1 saturated heterocycles. The largest absolute Gasteiger partial charge is 0.444 e. The molecule has 0 saturated carbocycles. The van der Waals surface area contributed by atoms with Gasteiger partial charge in [0.2, 0.25) is 15.9 Å². The van der Waals surface area contributed by atoms with Crippen molar-refractivity contribution in [3.05, 3.63) is 77.2 Å². The van der Waals surface area contributed by atoms with Crippen LogP contribution in [-0.4, -0.2) is 29.2 Å². The Balaban J connectivity index is 1.59. The van der Waals surface area contributed by atoms with E-state index in [1.807, 2.05) is 24.3 Å². The van der Waals surface area contributed by atoms with Crippen LogP contribution in [0.2, 0.25) is 5.02 Å². The van der Waals surface area contributed by atoms with Gasteiger partial charge in [-0.05, 0) is 42.7 Å².